The number of aromatic nitrogens is 3. The molecule has 0 amide bonds. The van der Waals surface area contributed by atoms with E-state index in [4.69, 9.17) is 5.84 Å². The van der Waals surface area contributed by atoms with Crippen molar-refractivity contribution in [3.8, 4) is 0 Å². The largest absolute Gasteiger partial charge is 0.367 e. The fraction of sp³-hybridized carbons (Fsp3) is 0.455. The molecule has 0 radical (unpaired) electrons. The van der Waals surface area contributed by atoms with E-state index in [0.717, 1.165) is 23.9 Å². The molecule has 2 heterocycles. The summed E-state index contributed by atoms with van der Waals surface area (Å²) < 4.78 is 1.90. The van der Waals surface area contributed by atoms with Crippen LogP contribution in [-0.4, -0.2) is 20.9 Å². The molecule has 90 valence electrons. The number of nitrogens with two attached hydrogens (primary N) is 1. The van der Waals surface area contributed by atoms with Gasteiger partial charge in [0.1, 0.15) is 0 Å². The molecule has 1 fully saturated rings. The van der Waals surface area contributed by atoms with Gasteiger partial charge < -0.3 is 15.1 Å². The smallest absolute Gasteiger partial charge is 0.180 e. The minimum Gasteiger partial charge on any atom is -0.367 e. The van der Waals surface area contributed by atoms with Crippen LogP contribution in [0.15, 0.2) is 18.6 Å². The number of hydrogen-bond donors (Lipinski definition) is 3. The van der Waals surface area contributed by atoms with E-state index in [0.29, 0.717) is 5.82 Å². The summed E-state index contributed by atoms with van der Waals surface area (Å²) in [5.41, 5.74) is 3.39. The van der Waals surface area contributed by atoms with Gasteiger partial charge in [0.05, 0.1) is 6.20 Å². The van der Waals surface area contributed by atoms with Crippen LogP contribution in [0.5, 0.6) is 0 Å². The highest BCUT2D eigenvalue weighted by atomic mass is 15.3. The number of rotatable bonds is 5. The molecule has 0 spiro atoms. The topological polar surface area (TPSA) is 80.3 Å². The van der Waals surface area contributed by atoms with Gasteiger partial charge in [0.15, 0.2) is 17.3 Å². The zero-order chi connectivity index (χ0) is 11.7. The van der Waals surface area contributed by atoms with Crippen LogP contribution in [0.1, 0.15) is 19.3 Å². The van der Waals surface area contributed by atoms with Gasteiger partial charge in [-0.2, -0.15) is 0 Å². The van der Waals surface area contributed by atoms with E-state index >= 15 is 0 Å². The number of anilines is 2. The average Bonchev–Trinajstić information content (AvgIpc) is 3.04. The number of nitrogens with one attached hydrogen (secondary N) is 2. The SMILES string of the molecule is NNc1cn2ccnc2c(NCCC2CC2)n1. The number of imidazole rings is 1. The molecule has 6 nitrogen and oxygen atoms in total. The van der Waals surface area contributed by atoms with Gasteiger partial charge in [-0.1, -0.05) is 12.8 Å². The summed E-state index contributed by atoms with van der Waals surface area (Å²) in [5.74, 6) is 7.72. The molecule has 0 saturated heterocycles. The standard InChI is InChI=1S/C11H16N6/c12-16-9-7-17-6-5-14-11(17)10(15-9)13-4-3-8-1-2-8/h5-8,16H,1-4,12H2,(H,13,15). The van der Waals surface area contributed by atoms with Gasteiger partial charge in [-0.15, -0.1) is 0 Å². The molecule has 2 aromatic rings. The molecule has 0 atom stereocenters. The second kappa shape index (κ2) is 4.21. The second-order valence-corrected chi connectivity index (χ2v) is 4.44. The number of nitrogen functional groups attached to an aromatic ring is 1. The van der Waals surface area contributed by atoms with Crippen molar-refractivity contribution in [1.29, 1.82) is 0 Å². The first-order chi connectivity index (χ1) is 8.36. The lowest BCUT2D eigenvalue weighted by molar-refractivity contribution is 0.758. The summed E-state index contributed by atoms with van der Waals surface area (Å²) in [6.07, 6.45) is 9.40. The summed E-state index contributed by atoms with van der Waals surface area (Å²) in [7, 11) is 0. The van der Waals surface area contributed by atoms with Crippen LogP contribution in [0.3, 0.4) is 0 Å². The quantitative estimate of drug-likeness (QED) is 0.533. The molecular weight excluding hydrogens is 216 g/mol. The summed E-state index contributed by atoms with van der Waals surface area (Å²) in [5, 5.41) is 3.33. The zero-order valence-corrected chi connectivity index (χ0v) is 9.56. The number of hydrogen-bond acceptors (Lipinski definition) is 5. The first-order valence-corrected chi connectivity index (χ1v) is 5.91. The Balaban J connectivity index is 1.81. The Morgan fingerprint density at radius 2 is 2.35 bits per heavy atom. The van der Waals surface area contributed by atoms with Gasteiger partial charge in [-0.25, -0.2) is 15.8 Å². The molecule has 1 aliphatic carbocycles. The Hall–Kier alpha value is -1.82. The molecule has 1 aliphatic rings. The van der Waals surface area contributed by atoms with Crippen LogP contribution in [0.2, 0.25) is 0 Å². The van der Waals surface area contributed by atoms with E-state index in [1.165, 1.54) is 19.3 Å². The van der Waals surface area contributed by atoms with Crippen LogP contribution in [0.4, 0.5) is 11.6 Å². The van der Waals surface area contributed by atoms with Crippen molar-refractivity contribution in [3.05, 3.63) is 18.6 Å². The Bertz CT molecular complexity index is 516. The summed E-state index contributed by atoms with van der Waals surface area (Å²) >= 11 is 0. The third kappa shape index (κ3) is 2.16. The van der Waals surface area contributed by atoms with E-state index < -0.39 is 0 Å². The highest BCUT2D eigenvalue weighted by molar-refractivity contribution is 5.65. The van der Waals surface area contributed by atoms with Crippen molar-refractivity contribution in [1.82, 2.24) is 14.4 Å². The average molecular weight is 232 g/mol. The Morgan fingerprint density at radius 3 is 3.12 bits per heavy atom. The maximum atomic E-state index is 5.39. The van der Waals surface area contributed by atoms with Crippen LogP contribution in [0.25, 0.3) is 5.65 Å². The Morgan fingerprint density at radius 1 is 1.47 bits per heavy atom. The summed E-state index contributed by atoms with van der Waals surface area (Å²) in [6.45, 7) is 0.939. The minimum absolute atomic E-state index is 0.629. The molecule has 3 rings (SSSR count). The molecule has 4 N–H and O–H groups in total. The van der Waals surface area contributed by atoms with E-state index in [-0.39, 0.29) is 0 Å². The molecule has 0 unspecified atom stereocenters. The van der Waals surface area contributed by atoms with E-state index in [1.807, 2.05) is 16.8 Å². The molecular formula is C11H16N6. The maximum absolute atomic E-state index is 5.39. The van der Waals surface area contributed by atoms with E-state index in [1.54, 1.807) is 6.20 Å². The van der Waals surface area contributed by atoms with Crippen molar-refractivity contribution in [2.24, 2.45) is 11.8 Å². The van der Waals surface area contributed by atoms with Gasteiger partial charge in [-0.05, 0) is 12.3 Å². The normalized spacial score (nSPS) is 15.1. The third-order valence-corrected chi connectivity index (χ3v) is 3.06. The second-order valence-electron chi connectivity index (χ2n) is 4.44. The lowest BCUT2D eigenvalue weighted by Gasteiger charge is -2.08. The van der Waals surface area contributed by atoms with Crippen molar-refractivity contribution >= 4 is 17.3 Å². The van der Waals surface area contributed by atoms with Crippen molar-refractivity contribution < 1.29 is 0 Å². The molecule has 0 bridgehead atoms. The number of nitrogens with zero attached hydrogens (tertiary/aromatic N) is 3. The molecule has 1 saturated carbocycles. The van der Waals surface area contributed by atoms with Gasteiger partial charge in [-0.3, -0.25) is 0 Å². The van der Waals surface area contributed by atoms with Gasteiger partial charge >= 0.3 is 0 Å². The van der Waals surface area contributed by atoms with Crippen molar-refractivity contribution in [3.63, 3.8) is 0 Å². The van der Waals surface area contributed by atoms with Gasteiger partial charge in [0.2, 0.25) is 0 Å². The predicted molar refractivity (Wildman–Crippen MR) is 66.6 cm³/mol. The van der Waals surface area contributed by atoms with Gasteiger partial charge in [0, 0.05) is 18.9 Å². The number of fused-ring (bicyclic) bond motifs is 1. The van der Waals surface area contributed by atoms with Crippen LogP contribution >= 0.6 is 0 Å². The lowest BCUT2D eigenvalue weighted by atomic mass is 10.3. The molecule has 6 heteroatoms. The fourth-order valence-corrected chi connectivity index (χ4v) is 1.92. The maximum Gasteiger partial charge on any atom is 0.180 e. The zero-order valence-electron chi connectivity index (χ0n) is 9.56. The fourth-order valence-electron chi connectivity index (χ4n) is 1.92. The molecule has 0 aromatic carbocycles. The lowest BCUT2D eigenvalue weighted by Crippen LogP contribution is -2.12. The Labute approximate surface area is 99.2 Å². The first kappa shape index (κ1) is 10.3. The van der Waals surface area contributed by atoms with Crippen LogP contribution in [-0.2, 0) is 0 Å². The monoisotopic (exact) mass is 232 g/mol. The number of hydrazine groups is 1. The van der Waals surface area contributed by atoms with Crippen LogP contribution < -0.4 is 16.6 Å². The molecule has 17 heavy (non-hydrogen) atoms. The van der Waals surface area contributed by atoms with E-state index in [9.17, 15) is 0 Å². The molecule has 2 aromatic heterocycles. The van der Waals surface area contributed by atoms with E-state index in [2.05, 4.69) is 20.7 Å². The molecule has 0 aliphatic heterocycles. The summed E-state index contributed by atoms with van der Waals surface area (Å²) in [4.78, 5) is 8.66. The third-order valence-electron chi connectivity index (χ3n) is 3.06. The first-order valence-electron chi connectivity index (χ1n) is 5.91. The summed E-state index contributed by atoms with van der Waals surface area (Å²) in [6, 6.07) is 0. The predicted octanol–water partition coefficient (Wildman–Crippen LogP) is 1.23. The minimum atomic E-state index is 0.629. The van der Waals surface area contributed by atoms with Crippen LogP contribution in [0, 0.1) is 5.92 Å². The highest BCUT2D eigenvalue weighted by Crippen LogP contribution is 2.32. The Kier molecular flexibility index (Phi) is 2.56. The van der Waals surface area contributed by atoms with Crippen molar-refractivity contribution in [2.75, 3.05) is 17.3 Å². The van der Waals surface area contributed by atoms with Gasteiger partial charge in [0.25, 0.3) is 0 Å². The van der Waals surface area contributed by atoms with Crippen molar-refractivity contribution in [2.45, 2.75) is 19.3 Å². The highest BCUT2D eigenvalue weighted by Gasteiger charge is 2.20.